The normalized spacial score (nSPS) is 15.8. The number of hydrogen-bond acceptors (Lipinski definition) is 5. The minimum atomic E-state index is -0.252. The molecule has 6 heteroatoms. The fraction of sp³-hybridized carbons (Fsp3) is 0.263. The van der Waals surface area contributed by atoms with E-state index >= 15 is 0 Å². The van der Waals surface area contributed by atoms with Crippen molar-refractivity contribution in [1.29, 1.82) is 0 Å². The number of carbonyl (C=O) groups is 1. The van der Waals surface area contributed by atoms with Crippen molar-refractivity contribution in [1.82, 2.24) is 10.6 Å². The monoisotopic (exact) mass is 357 g/mol. The number of rotatable bonds is 6. The summed E-state index contributed by atoms with van der Waals surface area (Å²) in [7, 11) is 0. The predicted octanol–water partition coefficient (Wildman–Crippen LogP) is 3.56. The quantitative estimate of drug-likeness (QED) is 0.613. The SMILES string of the molecule is CC(=O)OCCCNC1NC(c2ccc(Cl)cc2)=Nc2ccccc21. The lowest BCUT2D eigenvalue weighted by atomic mass is 10.1. The number of hydrogen-bond donors (Lipinski definition) is 2. The molecular weight excluding hydrogens is 338 g/mol. The zero-order valence-electron chi connectivity index (χ0n) is 14.0. The van der Waals surface area contributed by atoms with Crippen molar-refractivity contribution in [3.05, 3.63) is 64.7 Å². The first kappa shape index (κ1) is 17.5. The minimum Gasteiger partial charge on any atom is -0.466 e. The molecule has 0 aromatic heterocycles. The van der Waals surface area contributed by atoms with Crippen LogP contribution in [0, 0.1) is 0 Å². The van der Waals surface area contributed by atoms with E-state index in [0.29, 0.717) is 18.2 Å². The number of nitrogens with one attached hydrogen (secondary N) is 2. The molecule has 130 valence electrons. The second kappa shape index (κ2) is 8.14. The molecule has 1 atom stereocenters. The van der Waals surface area contributed by atoms with Crippen molar-refractivity contribution < 1.29 is 9.53 Å². The van der Waals surface area contributed by atoms with Gasteiger partial charge in [0.1, 0.15) is 12.0 Å². The molecule has 0 aliphatic carbocycles. The molecule has 25 heavy (non-hydrogen) atoms. The molecule has 1 aliphatic rings. The van der Waals surface area contributed by atoms with Crippen LogP contribution in [0.4, 0.5) is 5.69 Å². The maximum atomic E-state index is 10.8. The number of halogens is 1. The Morgan fingerprint density at radius 1 is 1.24 bits per heavy atom. The van der Waals surface area contributed by atoms with Gasteiger partial charge in [-0.05, 0) is 36.8 Å². The molecule has 3 rings (SSSR count). The van der Waals surface area contributed by atoms with Crippen molar-refractivity contribution in [2.24, 2.45) is 4.99 Å². The summed E-state index contributed by atoms with van der Waals surface area (Å²) in [4.78, 5) is 15.5. The molecule has 0 spiro atoms. The molecule has 5 nitrogen and oxygen atoms in total. The lowest BCUT2D eigenvalue weighted by Gasteiger charge is -2.28. The number of para-hydroxylation sites is 1. The topological polar surface area (TPSA) is 62.7 Å². The first-order chi connectivity index (χ1) is 12.1. The third-order valence-corrected chi connectivity index (χ3v) is 4.11. The van der Waals surface area contributed by atoms with Crippen molar-refractivity contribution in [3.63, 3.8) is 0 Å². The van der Waals surface area contributed by atoms with E-state index in [1.54, 1.807) is 0 Å². The number of benzene rings is 2. The Hall–Kier alpha value is -2.37. The predicted molar refractivity (Wildman–Crippen MR) is 99.2 cm³/mol. The summed E-state index contributed by atoms with van der Waals surface area (Å²) in [5, 5.41) is 7.58. The van der Waals surface area contributed by atoms with E-state index in [1.807, 2.05) is 48.5 Å². The fourth-order valence-corrected chi connectivity index (χ4v) is 2.78. The molecule has 2 N–H and O–H groups in total. The van der Waals surface area contributed by atoms with Crippen LogP contribution in [0.25, 0.3) is 0 Å². The fourth-order valence-electron chi connectivity index (χ4n) is 2.65. The summed E-state index contributed by atoms with van der Waals surface area (Å²) >= 11 is 5.97. The van der Waals surface area contributed by atoms with Gasteiger partial charge in [-0.25, -0.2) is 4.99 Å². The molecule has 1 unspecified atom stereocenters. The zero-order valence-corrected chi connectivity index (χ0v) is 14.7. The van der Waals surface area contributed by atoms with Gasteiger partial charge in [0.05, 0.1) is 12.3 Å². The first-order valence-electron chi connectivity index (χ1n) is 8.20. The van der Waals surface area contributed by atoms with E-state index in [2.05, 4.69) is 10.6 Å². The van der Waals surface area contributed by atoms with E-state index < -0.39 is 0 Å². The number of fused-ring (bicyclic) bond motifs is 1. The number of amidine groups is 1. The number of nitrogens with zero attached hydrogens (tertiary/aromatic N) is 1. The minimum absolute atomic E-state index is 0.0586. The van der Waals surface area contributed by atoms with Crippen LogP contribution in [0.3, 0.4) is 0 Å². The molecule has 0 radical (unpaired) electrons. The summed E-state index contributed by atoms with van der Waals surface area (Å²) in [6, 6.07) is 15.6. The smallest absolute Gasteiger partial charge is 0.302 e. The van der Waals surface area contributed by atoms with Crippen LogP contribution in [0.1, 0.15) is 30.6 Å². The molecule has 2 aromatic carbocycles. The van der Waals surface area contributed by atoms with Gasteiger partial charge in [0, 0.05) is 29.6 Å². The Bertz CT molecular complexity index is 774. The maximum Gasteiger partial charge on any atom is 0.302 e. The summed E-state index contributed by atoms with van der Waals surface area (Å²) in [6.07, 6.45) is 0.685. The summed E-state index contributed by atoms with van der Waals surface area (Å²) < 4.78 is 4.97. The van der Waals surface area contributed by atoms with Crippen LogP contribution < -0.4 is 10.6 Å². The van der Waals surface area contributed by atoms with Gasteiger partial charge in [0.15, 0.2) is 0 Å². The Morgan fingerprint density at radius 2 is 2.00 bits per heavy atom. The summed E-state index contributed by atoms with van der Waals surface area (Å²) in [6.45, 7) is 2.54. The summed E-state index contributed by atoms with van der Waals surface area (Å²) in [5.41, 5.74) is 3.00. The second-order valence-electron chi connectivity index (χ2n) is 5.75. The number of ether oxygens (including phenoxy) is 1. The van der Waals surface area contributed by atoms with E-state index in [0.717, 1.165) is 29.1 Å². The Morgan fingerprint density at radius 3 is 2.76 bits per heavy atom. The van der Waals surface area contributed by atoms with Gasteiger partial charge >= 0.3 is 5.97 Å². The molecular formula is C19H20ClN3O2. The average Bonchev–Trinajstić information content (AvgIpc) is 2.61. The average molecular weight is 358 g/mol. The van der Waals surface area contributed by atoms with E-state index in [-0.39, 0.29) is 12.1 Å². The highest BCUT2D eigenvalue weighted by Crippen LogP contribution is 2.29. The van der Waals surface area contributed by atoms with Gasteiger partial charge in [0.25, 0.3) is 0 Å². The number of aliphatic imine (C=N–C) groups is 1. The van der Waals surface area contributed by atoms with Crippen LogP contribution >= 0.6 is 11.6 Å². The third kappa shape index (κ3) is 4.59. The van der Waals surface area contributed by atoms with Gasteiger partial charge in [-0.1, -0.05) is 29.8 Å². The van der Waals surface area contributed by atoms with Crippen LogP contribution in [0.5, 0.6) is 0 Å². The Balaban J connectivity index is 1.72. The van der Waals surface area contributed by atoms with Crippen molar-refractivity contribution in [2.75, 3.05) is 13.2 Å². The standard InChI is InChI=1S/C19H20ClN3O2/c1-13(24)25-12-4-11-21-19-16-5-2-3-6-17(16)22-18(23-19)14-7-9-15(20)10-8-14/h2-3,5-10,19,21H,4,11-12H2,1H3,(H,22,23). The summed E-state index contributed by atoms with van der Waals surface area (Å²) in [5.74, 6) is 0.547. The molecule has 0 bridgehead atoms. The molecule has 0 saturated heterocycles. The van der Waals surface area contributed by atoms with Gasteiger partial charge < -0.3 is 10.1 Å². The lowest BCUT2D eigenvalue weighted by molar-refractivity contribution is -0.141. The van der Waals surface area contributed by atoms with E-state index in [4.69, 9.17) is 21.3 Å². The largest absolute Gasteiger partial charge is 0.466 e. The Kier molecular flexibility index (Phi) is 5.68. The highest BCUT2D eigenvalue weighted by molar-refractivity contribution is 6.30. The number of carbonyl (C=O) groups excluding carboxylic acids is 1. The van der Waals surface area contributed by atoms with E-state index in [9.17, 15) is 4.79 Å². The van der Waals surface area contributed by atoms with Gasteiger partial charge in [-0.3, -0.25) is 10.1 Å². The van der Waals surface area contributed by atoms with Gasteiger partial charge in [-0.2, -0.15) is 0 Å². The van der Waals surface area contributed by atoms with Crippen molar-refractivity contribution in [2.45, 2.75) is 19.5 Å². The molecule has 0 saturated carbocycles. The Labute approximate surface area is 152 Å². The first-order valence-corrected chi connectivity index (χ1v) is 8.58. The highest BCUT2D eigenvalue weighted by atomic mass is 35.5. The molecule has 0 amide bonds. The maximum absolute atomic E-state index is 10.8. The highest BCUT2D eigenvalue weighted by Gasteiger charge is 2.21. The second-order valence-corrected chi connectivity index (χ2v) is 6.19. The van der Waals surface area contributed by atoms with Crippen LogP contribution in [0.2, 0.25) is 5.02 Å². The molecule has 1 aliphatic heterocycles. The van der Waals surface area contributed by atoms with Crippen LogP contribution in [-0.2, 0) is 9.53 Å². The van der Waals surface area contributed by atoms with E-state index in [1.165, 1.54) is 6.92 Å². The number of esters is 1. The van der Waals surface area contributed by atoms with Crippen molar-refractivity contribution >= 4 is 29.1 Å². The molecule has 2 aromatic rings. The molecule has 0 fully saturated rings. The van der Waals surface area contributed by atoms with Gasteiger partial charge in [0.2, 0.25) is 0 Å². The lowest BCUT2D eigenvalue weighted by Crippen LogP contribution is -2.41. The van der Waals surface area contributed by atoms with Crippen molar-refractivity contribution in [3.8, 4) is 0 Å². The van der Waals surface area contributed by atoms with Crippen LogP contribution in [-0.4, -0.2) is 25.0 Å². The van der Waals surface area contributed by atoms with Gasteiger partial charge in [-0.15, -0.1) is 0 Å². The van der Waals surface area contributed by atoms with Crippen LogP contribution in [0.15, 0.2) is 53.5 Å². The zero-order chi connectivity index (χ0) is 17.6. The molecule has 1 heterocycles. The third-order valence-electron chi connectivity index (χ3n) is 3.85.